The van der Waals surface area contributed by atoms with Crippen molar-refractivity contribution in [1.82, 2.24) is 5.32 Å². The minimum atomic E-state index is -4.69. The summed E-state index contributed by atoms with van der Waals surface area (Å²) in [6.45, 7) is 4.07. The summed E-state index contributed by atoms with van der Waals surface area (Å²) in [5, 5.41) is 24.6. The van der Waals surface area contributed by atoms with Crippen LogP contribution in [0.4, 0.5) is 0 Å². The molecule has 0 aliphatic rings. The number of phosphoric ester groups is 1. The Morgan fingerprint density at radius 2 is 0.970 bits per heavy atom. The van der Waals surface area contributed by atoms with E-state index in [0.29, 0.717) is 30.3 Å². The van der Waals surface area contributed by atoms with E-state index in [-0.39, 0.29) is 18.9 Å². The van der Waals surface area contributed by atoms with Crippen LogP contribution >= 0.6 is 7.82 Å². The highest BCUT2D eigenvalue weighted by atomic mass is 31.2. The number of phosphoric acid groups is 1. The number of amides is 1. The molecule has 0 bridgehead atoms. The average Bonchev–Trinajstić information content (AvgIpc) is 3.29. The number of carbonyl (C=O) groups is 1. The van der Waals surface area contributed by atoms with Crippen LogP contribution in [0.5, 0.6) is 0 Å². The van der Waals surface area contributed by atoms with Gasteiger partial charge in [0.2, 0.25) is 5.91 Å². The molecule has 0 aromatic rings. The molecular weight excluding hydrogens is 856 g/mol. The van der Waals surface area contributed by atoms with Crippen LogP contribution in [0.1, 0.15) is 200 Å². The van der Waals surface area contributed by atoms with Crippen molar-refractivity contribution in [1.29, 1.82) is 0 Å². The van der Waals surface area contributed by atoms with Gasteiger partial charge in [-0.1, -0.05) is 188 Å². The van der Waals surface area contributed by atoms with Crippen molar-refractivity contribution in [2.24, 2.45) is 0 Å². The van der Waals surface area contributed by atoms with E-state index in [1.54, 1.807) is 0 Å². The fourth-order valence-corrected chi connectivity index (χ4v) is 7.98. The van der Waals surface area contributed by atoms with E-state index in [4.69, 9.17) is 9.05 Å². The fourth-order valence-electron chi connectivity index (χ4n) is 7.26. The van der Waals surface area contributed by atoms with Crippen LogP contribution < -0.4 is 10.2 Å². The first-order valence-corrected chi connectivity index (χ1v) is 28.1. The monoisotopic (exact) mass is 957 g/mol. The van der Waals surface area contributed by atoms with Gasteiger partial charge in [-0.2, -0.15) is 0 Å². The highest BCUT2D eigenvalue weighted by molar-refractivity contribution is 7.45. The van der Waals surface area contributed by atoms with Crippen molar-refractivity contribution in [3.8, 4) is 0 Å². The van der Waals surface area contributed by atoms with E-state index in [1.807, 2.05) is 28.1 Å². The SMILES string of the molecule is C/C=C/CC/C=C/CC/C=C/CCCC(O)C(O)C(COP(=O)([O-])OCC[N+](C)(C)C)NC(=O)CCCCCCCCCCCCCCCCC/C=C\C/C=C\C/C=C\C/C=C\C/C=C\CC. The largest absolute Gasteiger partial charge is 0.756 e. The van der Waals surface area contributed by atoms with Gasteiger partial charge in [-0.3, -0.25) is 9.36 Å². The van der Waals surface area contributed by atoms with Gasteiger partial charge < -0.3 is 34.0 Å². The first-order chi connectivity index (χ1) is 32.4. The van der Waals surface area contributed by atoms with E-state index in [2.05, 4.69) is 109 Å². The molecule has 4 unspecified atom stereocenters. The predicted octanol–water partition coefficient (Wildman–Crippen LogP) is 14.2. The Balaban J connectivity index is 4.20. The smallest absolute Gasteiger partial charge is 0.268 e. The second-order valence-electron chi connectivity index (χ2n) is 19.0. The number of hydrogen-bond donors (Lipinski definition) is 3. The van der Waals surface area contributed by atoms with E-state index in [9.17, 15) is 24.5 Å². The van der Waals surface area contributed by atoms with Crippen LogP contribution in [0, 0.1) is 0 Å². The Hall–Kier alpha value is -2.62. The number of likely N-dealkylation sites (N-methyl/N-ethyl adjacent to an activating group) is 1. The number of aliphatic hydroxyl groups is 2. The number of rotatable bonds is 47. The molecule has 4 atom stereocenters. The molecule has 0 radical (unpaired) electrons. The topological polar surface area (TPSA) is 128 Å². The summed E-state index contributed by atoms with van der Waals surface area (Å²) in [5.74, 6) is -0.299. The van der Waals surface area contributed by atoms with E-state index < -0.39 is 32.7 Å². The van der Waals surface area contributed by atoms with Crippen molar-refractivity contribution < 1.29 is 38.0 Å². The highest BCUT2D eigenvalue weighted by Gasteiger charge is 2.29. The molecule has 9 nitrogen and oxygen atoms in total. The molecule has 0 heterocycles. The van der Waals surface area contributed by atoms with Crippen LogP contribution in [0.3, 0.4) is 0 Å². The molecule has 0 aliphatic heterocycles. The maximum absolute atomic E-state index is 13.0. The Bertz CT molecular complexity index is 1430. The van der Waals surface area contributed by atoms with Gasteiger partial charge >= 0.3 is 0 Å². The molecular formula is C57H101N2O7P. The van der Waals surface area contributed by atoms with Crippen LogP contribution in [-0.2, 0) is 18.4 Å². The van der Waals surface area contributed by atoms with Crippen molar-refractivity contribution >= 4 is 13.7 Å². The molecule has 0 spiro atoms. The maximum Gasteiger partial charge on any atom is 0.268 e. The molecule has 1 amide bonds. The minimum Gasteiger partial charge on any atom is -0.756 e. The van der Waals surface area contributed by atoms with Crippen molar-refractivity contribution in [3.05, 3.63) is 97.2 Å². The number of unbranched alkanes of at least 4 members (excludes halogenated alkanes) is 18. The summed E-state index contributed by atoms with van der Waals surface area (Å²) in [4.78, 5) is 25.5. The Morgan fingerprint density at radius 3 is 1.45 bits per heavy atom. The summed E-state index contributed by atoms with van der Waals surface area (Å²) in [6, 6.07) is -1.10. The summed E-state index contributed by atoms with van der Waals surface area (Å²) in [5.41, 5.74) is 0. The van der Waals surface area contributed by atoms with Crippen molar-refractivity contribution in [2.45, 2.75) is 218 Å². The lowest BCUT2D eigenvalue weighted by atomic mass is 10.0. The Labute approximate surface area is 411 Å². The van der Waals surface area contributed by atoms with Gasteiger partial charge in [0, 0.05) is 6.42 Å². The molecule has 0 saturated carbocycles. The molecule has 386 valence electrons. The summed E-state index contributed by atoms with van der Waals surface area (Å²) in [6.07, 6.45) is 63.4. The second kappa shape index (κ2) is 47.1. The molecule has 3 N–H and O–H groups in total. The van der Waals surface area contributed by atoms with Crippen molar-refractivity contribution in [3.63, 3.8) is 0 Å². The Kier molecular flexibility index (Phi) is 45.2. The third-order valence-electron chi connectivity index (χ3n) is 11.4. The van der Waals surface area contributed by atoms with Crippen LogP contribution in [0.15, 0.2) is 97.2 Å². The average molecular weight is 957 g/mol. The summed E-state index contributed by atoms with van der Waals surface area (Å²) in [7, 11) is 1.08. The van der Waals surface area contributed by atoms with E-state index in [1.165, 1.54) is 77.0 Å². The van der Waals surface area contributed by atoms with Crippen LogP contribution in [0.2, 0.25) is 0 Å². The lowest BCUT2D eigenvalue weighted by Crippen LogP contribution is -2.51. The molecule has 67 heavy (non-hydrogen) atoms. The second-order valence-corrected chi connectivity index (χ2v) is 20.4. The van der Waals surface area contributed by atoms with Crippen LogP contribution in [0.25, 0.3) is 0 Å². The third-order valence-corrected chi connectivity index (χ3v) is 12.4. The lowest BCUT2D eigenvalue weighted by molar-refractivity contribution is -0.870. The normalized spacial score (nSPS) is 15.3. The van der Waals surface area contributed by atoms with Gasteiger partial charge in [0.1, 0.15) is 19.3 Å². The van der Waals surface area contributed by atoms with E-state index in [0.717, 1.165) is 83.5 Å². The number of carbonyl (C=O) groups excluding carboxylic acids is 1. The third kappa shape index (κ3) is 48.2. The number of nitrogens with one attached hydrogen (secondary N) is 1. The molecule has 0 aromatic heterocycles. The number of aliphatic hydroxyl groups excluding tert-OH is 2. The zero-order valence-electron chi connectivity index (χ0n) is 43.4. The van der Waals surface area contributed by atoms with Gasteiger partial charge in [-0.05, 0) is 103 Å². The zero-order chi connectivity index (χ0) is 49.4. The molecule has 0 saturated heterocycles. The standard InChI is InChI=1S/C57H101N2O7P/c1-6-8-10-12-14-16-18-20-21-22-23-24-25-26-27-28-29-30-31-32-33-34-35-36-37-38-40-42-44-46-48-50-56(61)58-54(53-66-67(63,64)65-52-51-59(3,4)5)57(62)55(60)49-47-45-43-41-39-19-17-15-13-11-9-7-2/h7-10,14-17,20-21,23-24,26-27,41,43,54-55,57,60,62H,6,11-13,18-19,22,25,28-40,42,44-53H2,1-5H3,(H-,58,61,63,64)/b9-7+,10-8-,16-14-,17-15+,21-20-,24-23-,27-26-,43-41+. The van der Waals surface area contributed by atoms with Gasteiger partial charge in [0.15, 0.2) is 0 Å². The molecule has 10 heteroatoms. The predicted molar refractivity (Wildman–Crippen MR) is 285 cm³/mol. The summed E-state index contributed by atoms with van der Waals surface area (Å²) >= 11 is 0. The van der Waals surface area contributed by atoms with Gasteiger partial charge in [0.05, 0.1) is 39.9 Å². The highest BCUT2D eigenvalue weighted by Crippen LogP contribution is 2.38. The molecule has 0 fully saturated rings. The van der Waals surface area contributed by atoms with Gasteiger partial charge in [-0.15, -0.1) is 0 Å². The number of allylic oxidation sites excluding steroid dienone is 16. The first-order valence-electron chi connectivity index (χ1n) is 26.6. The molecule has 0 aliphatic carbocycles. The lowest BCUT2D eigenvalue weighted by Gasteiger charge is -2.31. The quantitative estimate of drug-likeness (QED) is 0.0240. The first kappa shape index (κ1) is 64.4. The number of nitrogens with zero attached hydrogens (tertiary/aromatic N) is 1. The number of quaternary nitrogens is 1. The summed E-state index contributed by atoms with van der Waals surface area (Å²) < 4.78 is 23.2. The maximum atomic E-state index is 13.0. The van der Waals surface area contributed by atoms with Crippen LogP contribution in [-0.4, -0.2) is 79.8 Å². The fraction of sp³-hybridized carbons (Fsp3) is 0.702. The van der Waals surface area contributed by atoms with Gasteiger partial charge in [0.25, 0.3) is 7.82 Å². The zero-order valence-corrected chi connectivity index (χ0v) is 44.3. The molecule has 0 rings (SSSR count). The van der Waals surface area contributed by atoms with E-state index >= 15 is 0 Å². The van der Waals surface area contributed by atoms with Crippen molar-refractivity contribution in [2.75, 3.05) is 40.9 Å². The molecule has 0 aromatic carbocycles. The minimum absolute atomic E-state index is 0.0541. The number of hydrogen-bond acceptors (Lipinski definition) is 7. The van der Waals surface area contributed by atoms with Gasteiger partial charge in [-0.25, -0.2) is 0 Å². The Morgan fingerprint density at radius 1 is 0.567 bits per heavy atom.